The van der Waals surface area contributed by atoms with Gasteiger partial charge in [-0.25, -0.2) is 9.83 Å². The van der Waals surface area contributed by atoms with Gasteiger partial charge in [0.2, 0.25) is 5.91 Å². The van der Waals surface area contributed by atoms with E-state index in [1.54, 1.807) is 53.8 Å². The number of amides is 3. The van der Waals surface area contributed by atoms with Gasteiger partial charge in [0.15, 0.2) is 16.6 Å². The number of thiazole rings is 1. The zero-order valence-electron chi connectivity index (χ0n) is 40.0. The van der Waals surface area contributed by atoms with Crippen molar-refractivity contribution in [1.29, 1.82) is 0 Å². The molecular formula is C53H58N6O8S2. The molecule has 69 heavy (non-hydrogen) atoms. The monoisotopic (exact) mass is 970 g/mol. The van der Waals surface area contributed by atoms with Crippen LogP contribution in [0.1, 0.15) is 74.6 Å². The van der Waals surface area contributed by atoms with Crippen LogP contribution in [0.25, 0.3) is 15.3 Å². The molecule has 3 atom stereocenters. The van der Waals surface area contributed by atoms with Crippen LogP contribution in [0.3, 0.4) is 0 Å². The highest BCUT2D eigenvalue weighted by Gasteiger charge is 2.50. The van der Waals surface area contributed by atoms with Crippen molar-refractivity contribution in [3.05, 3.63) is 130 Å². The zero-order chi connectivity index (χ0) is 49.6. The van der Waals surface area contributed by atoms with E-state index in [0.29, 0.717) is 40.0 Å². The third kappa shape index (κ3) is 11.5. The molecule has 0 radical (unpaired) electrons. The van der Waals surface area contributed by atoms with E-state index >= 15 is 0 Å². The number of hydrogen-bond donors (Lipinski definition) is 2. The van der Waals surface area contributed by atoms with Gasteiger partial charge in [-0.2, -0.15) is 0 Å². The fourth-order valence-electron chi connectivity index (χ4n) is 8.55. The van der Waals surface area contributed by atoms with Crippen LogP contribution in [-0.4, -0.2) is 100 Å². The van der Waals surface area contributed by atoms with Gasteiger partial charge in [0.25, 0.3) is 11.8 Å². The number of likely N-dealkylation sites (tertiary alicyclic amines) is 1. The van der Waals surface area contributed by atoms with E-state index in [1.807, 2.05) is 107 Å². The minimum atomic E-state index is -0.982. The first-order chi connectivity index (χ1) is 32.9. The number of carbonyl (C=O) groups is 4. The standard InChI is InChI=1S/C53H58N6O8S2/c1-33-28-39(19-22-43(33)54-8)58-50(64)53(6,7)59(51(58)68)38-17-20-41(21-18-38)66-26-24-65-25-27-67-42-11-9-10-37(29-42)48(62)56-47(52(3,4)5)49(63)57-31-40(60)30-44(57)45(61)23-14-35-12-15-36(16-13-35)46-34(2)55-32-69-46/h9-13,15-22,28-29,32,40,44,47,60H,14,23-27,30-31H2,1-7H3,(H,56,62)/t40-,44+,47-/m1/s1. The minimum absolute atomic E-state index is 0.00532. The molecule has 0 bridgehead atoms. The molecule has 7 rings (SSSR count). The number of aliphatic hydroxyl groups excluding tert-OH is 1. The Hall–Kier alpha value is -6.51. The highest BCUT2D eigenvalue weighted by Crippen LogP contribution is 2.38. The van der Waals surface area contributed by atoms with E-state index in [4.69, 9.17) is 33.0 Å². The second-order valence-electron chi connectivity index (χ2n) is 18.8. The van der Waals surface area contributed by atoms with Crippen molar-refractivity contribution in [2.75, 3.05) is 42.8 Å². The Morgan fingerprint density at radius 3 is 2.26 bits per heavy atom. The molecule has 1 aromatic heterocycles. The van der Waals surface area contributed by atoms with Gasteiger partial charge in [0.05, 0.1) is 48.0 Å². The molecule has 3 heterocycles. The summed E-state index contributed by atoms with van der Waals surface area (Å²) in [6, 6.07) is 25.5. The van der Waals surface area contributed by atoms with Crippen molar-refractivity contribution in [2.45, 2.75) is 91.5 Å². The Morgan fingerprint density at radius 2 is 1.62 bits per heavy atom. The van der Waals surface area contributed by atoms with Crippen molar-refractivity contribution in [1.82, 2.24) is 15.2 Å². The van der Waals surface area contributed by atoms with Crippen LogP contribution in [0, 0.1) is 25.8 Å². The van der Waals surface area contributed by atoms with E-state index in [1.165, 1.54) is 9.80 Å². The number of nitrogens with one attached hydrogen (secondary N) is 1. The number of carbonyl (C=O) groups excluding carboxylic acids is 4. The highest BCUT2D eigenvalue weighted by molar-refractivity contribution is 7.81. The third-order valence-corrected chi connectivity index (χ3v) is 13.7. The van der Waals surface area contributed by atoms with Gasteiger partial charge in [-0.3, -0.25) is 24.1 Å². The Morgan fingerprint density at radius 1 is 0.942 bits per heavy atom. The molecule has 360 valence electrons. The summed E-state index contributed by atoms with van der Waals surface area (Å²) in [5.41, 5.74) is 6.12. The van der Waals surface area contributed by atoms with E-state index < -0.39 is 41.0 Å². The average Bonchev–Trinajstić information content (AvgIpc) is 3.99. The normalized spacial score (nSPS) is 17.2. The number of aliphatic hydroxyl groups is 1. The van der Waals surface area contributed by atoms with Gasteiger partial charge in [-0.05, 0) is 123 Å². The molecule has 0 unspecified atom stereocenters. The summed E-state index contributed by atoms with van der Waals surface area (Å²) in [4.78, 5) is 68.9. The van der Waals surface area contributed by atoms with Crippen LogP contribution < -0.4 is 24.6 Å². The van der Waals surface area contributed by atoms with E-state index in [9.17, 15) is 24.3 Å². The van der Waals surface area contributed by atoms with E-state index in [0.717, 1.165) is 32.9 Å². The molecule has 3 amide bonds. The number of Topliss-reactive ketones (excluding diaryl/α,β-unsaturated/α-hetero) is 1. The Bertz CT molecular complexity index is 2740. The lowest BCUT2D eigenvalue weighted by Crippen LogP contribution is -2.56. The number of thiocarbonyl (C=S) groups is 1. The van der Waals surface area contributed by atoms with Crippen molar-refractivity contribution in [3.8, 4) is 21.9 Å². The lowest BCUT2D eigenvalue weighted by atomic mass is 9.85. The van der Waals surface area contributed by atoms with Crippen molar-refractivity contribution >= 4 is 69.2 Å². The van der Waals surface area contributed by atoms with Crippen LogP contribution in [-0.2, 0) is 25.5 Å². The molecule has 0 aliphatic carbocycles. The summed E-state index contributed by atoms with van der Waals surface area (Å²) in [6.45, 7) is 21.4. The van der Waals surface area contributed by atoms with Crippen LogP contribution in [0.2, 0.25) is 0 Å². The first-order valence-corrected chi connectivity index (χ1v) is 24.2. The summed E-state index contributed by atoms with van der Waals surface area (Å²) in [6.07, 6.45) is -0.00945. The topological polar surface area (TPSA) is 155 Å². The summed E-state index contributed by atoms with van der Waals surface area (Å²) in [5.74, 6) is -0.135. The Kier molecular flexibility index (Phi) is 15.6. The molecule has 16 heteroatoms. The third-order valence-electron chi connectivity index (χ3n) is 12.4. The average molecular weight is 971 g/mol. The maximum absolute atomic E-state index is 14.2. The van der Waals surface area contributed by atoms with Gasteiger partial charge in [0, 0.05) is 36.3 Å². The maximum atomic E-state index is 14.2. The van der Waals surface area contributed by atoms with Gasteiger partial charge in [0.1, 0.15) is 36.3 Å². The van der Waals surface area contributed by atoms with Gasteiger partial charge < -0.3 is 34.4 Å². The molecule has 14 nitrogen and oxygen atoms in total. The van der Waals surface area contributed by atoms with Gasteiger partial charge in [-0.1, -0.05) is 57.2 Å². The molecule has 2 fully saturated rings. The number of aromatic nitrogens is 1. The molecule has 2 aliphatic rings. The lowest BCUT2D eigenvalue weighted by molar-refractivity contribution is -0.141. The Labute approximate surface area is 413 Å². The number of nitrogens with zero attached hydrogens (tertiary/aromatic N) is 5. The molecule has 2 N–H and O–H groups in total. The molecule has 2 aliphatic heterocycles. The Balaban J connectivity index is 0.859. The molecule has 4 aromatic carbocycles. The number of β-amino-alcohol motifs (C(OH)–C–C–N with tert-alkyl or cyclic N) is 1. The predicted molar refractivity (Wildman–Crippen MR) is 271 cm³/mol. The smallest absolute Gasteiger partial charge is 0.259 e. The first-order valence-electron chi connectivity index (χ1n) is 22.9. The number of aryl methyl sites for hydroxylation is 3. The number of ketones is 1. The van der Waals surface area contributed by atoms with Gasteiger partial charge in [-0.15, -0.1) is 11.3 Å². The van der Waals surface area contributed by atoms with Crippen molar-refractivity contribution in [3.63, 3.8) is 0 Å². The molecular weight excluding hydrogens is 913 g/mol. The summed E-state index contributed by atoms with van der Waals surface area (Å²) in [7, 11) is 0. The predicted octanol–water partition coefficient (Wildman–Crippen LogP) is 8.68. The molecule has 2 saturated heterocycles. The number of ether oxygens (including phenoxy) is 3. The molecule has 0 spiro atoms. The van der Waals surface area contributed by atoms with Gasteiger partial charge >= 0.3 is 0 Å². The quantitative estimate of drug-likeness (QED) is 0.0493. The summed E-state index contributed by atoms with van der Waals surface area (Å²) >= 11 is 7.40. The lowest BCUT2D eigenvalue weighted by Gasteiger charge is -2.35. The van der Waals surface area contributed by atoms with Crippen LogP contribution in [0.4, 0.5) is 17.1 Å². The minimum Gasteiger partial charge on any atom is -0.491 e. The largest absolute Gasteiger partial charge is 0.491 e. The highest BCUT2D eigenvalue weighted by atomic mass is 32.1. The summed E-state index contributed by atoms with van der Waals surface area (Å²) < 4.78 is 17.6. The maximum Gasteiger partial charge on any atom is 0.259 e. The van der Waals surface area contributed by atoms with E-state index in [2.05, 4.69) is 15.1 Å². The molecule has 0 saturated carbocycles. The van der Waals surface area contributed by atoms with Crippen LogP contribution in [0.5, 0.6) is 11.5 Å². The molecule has 5 aromatic rings. The number of anilines is 2. The van der Waals surface area contributed by atoms with Crippen LogP contribution in [0.15, 0.2) is 96.5 Å². The van der Waals surface area contributed by atoms with Crippen LogP contribution >= 0.6 is 23.6 Å². The SMILES string of the molecule is [C-]#[N+]c1ccc(N2C(=O)C(C)(C)N(c3ccc(OCCOCCOc4cccc(C(=O)N[C@H](C(=O)N5C[C@H](O)C[C@H]5C(=O)CCc5ccc(-c6scnc6C)cc5)C(C)(C)C)c4)cc3)C2=S)cc1C. The number of rotatable bonds is 18. The summed E-state index contributed by atoms with van der Waals surface area (Å²) in [5, 5.41) is 13.9. The second-order valence-corrected chi connectivity index (χ2v) is 20.0. The fraction of sp³-hybridized carbons (Fsp3) is 0.377. The first kappa shape index (κ1) is 50.4. The van der Waals surface area contributed by atoms with Crippen molar-refractivity contribution in [2.24, 2.45) is 5.41 Å². The second kappa shape index (κ2) is 21.4. The number of hydrogen-bond acceptors (Lipinski definition) is 11. The van der Waals surface area contributed by atoms with Crippen molar-refractivity contribution < 1.29 is 38.5 Å². The number of benzene rings is 4. The zero-order valence-corrected chi connectivity index (χ0v) is 41.6. The van der Waals surface area contributed by atoms with E-state index in [-0.39, 0.29) is 57.5 Å². The fourth-order valence-corrected chi connectivity index (χ4v) is 9.88.